The first-order valence-corrected chi connectivity index (χ1v) is 10.7. The Morgan fingerprint density at radius 2 is 2.30 bits per heavy atom. The Hall–Kier alpha value is -1.99. The first-order valence-electron chi connectivity index (χ1n) is 9.78. The van der Waals surface area contributed by atoms with Crippen molar-refractivity contribution in [1.29, 1.82) is 0 Å². The van der Waals surface area contributed by atoms with Crippen LogP contribution in [0.3, 0.4) is 0 Å². The highest BCUT2D eigenvalue weighted by Crippen LogP contribution is 2.23. The zero-order valence-corrected chi connectivity index (χ0v) is 16.8. The van der Waals surface area contributed by atoms with Gasteiger partial charge in [0.25, 0.3) is 5.89 Å². The van der Waals surface area contributed by atoms with E-state index in [0.717, 1.165) is 24.3 Å². The van der Waals surface area contributed by atoms with E-state index < -0.39 is 0 Å². The Bertz CT molecular complexity index is 739. The molecule has 6 nitrogen and oxygen atoms in total. The molecule has 0 atom stereocenters. The van der Waals surface area contributed by atoms with Crippen molar-refractivity contribution < 1.29 is 9.21 Å². The van der Waals surface area contributed by atoms with Gasteiger partial charge in [0.15, 0.2) is 0 Å². The van der Waals surface area contributed by atoms with Gasteiger partial charge < -0.3 is 9.73 Å². The van der Waals surface area contributed by atoms with Gasteiger partial charge in [-0.15, -0.1) is 21.5 Å². The van der Waals surface area contributed by atoms with Crippen molar-refractivity contribution in [3.8, 4) is 10.8 Å². The van der Waals surface area contributed by atoms with Crippen LogP contribution in [0, 0.1) is 0 Å². The third-order valence-corrected chi connectivity index (χ3v) is 5.48. The van der Waals surface area contributed by atoms with Crippen molar-refractivity contribution in [3.63, 3.8) is 0 Å². The highest BCUT2D eigenvalue weighted by atomic mass is 32.1. The van der Waals surface area contributed by atoms with Crippen LogP contribution in [-0.4, -0.2) is 40.6 Å². The maximum atomic E-state index is 12.3. The van der Waals surface area contributed by atoms with Crippen LogP contribution in [0.5, 0.6) is 0 Å². The molecule has 1 aliphatic carbocycles. The van der Waals surface area contributed by atoms with Crippen LogP contribution in [-0.2, 0) is 11.3 Å². The fraction of sp³-hybridized carbons (Fsp3) is 0.550. The Morgan fingerprint density at radius 1 is 1.37 bits per heavy atom. The van der Waals surface area contributed by atoms with E-state index in [1.165, 1.54) is 31.3 Å². The van der Waals surface area contributed by atoms with Gasteiger partial charge in [-0.2, -0.15) is 0 Å². The van der Waals surface area contributed by atoms with Gasteiger partial charge in [-0.1, -0.05) is 24.6 Å². The van der Waals surface area contributed by atoms with E-state index in [1.54, 1.807) is 11.3 Å². The Kier molecular flexibility index (Phi) is 7.59. The number of hydrogen-bond acceptors (Lipinski definition) is 6. The van der Waals surface area contributed by atoms with Crippen molar-refractivity contribution >= 4 is 17.2 Å². The lowest BCUT2D eigenvalue weighted by molar-refractivity contribution is -0.122. The number of nitrogens with one attached hydrogen (secondary N) is 1. The summed E-state index contributed by atoms with van der Waals surface area (Å²) in [6.45, 7) is 4.47. The molecule has 0 spiro atoms. The molecule has 146 valence electrons. The molecule has 0 aromatic carbocycles. The molecule has 1 aliphatic rings. The minimum Gasteiger partial charge on any atom is -0.419 e. The first kappa shape index (κ1) is 19.8. The maximum absolute atomic E-state index is 12.3. The zero-order valence-electron chi connectivity index (χ0n) is 15.9. The normalized spacial score (nSPS) is 14.4. The summed E-state index contributed by atoms with van der Waals surface area (Å²) in [5.41, 5.74) is 1.49. The molecule has 0 saturated carbocycles. The second kappa shape index (κ2) is 10.4. The number of carbonyl (C=O) groups excluding carboxylic acids is 1. The number of hydrogen-bond donors (Lipinski definition) is 1. The SMILES string of the molecule is CCCN(CC(=O)NCCC1=CCCCC1)Cc1nnc(-c2cccs2)o1. The van der Waals surface area contributed by atoms with E-state index in [-0.39, 0.29) is 5.91 Å². The van der Waals surface area contributed by atoms with Gasteiger partial charge in [-0.3, -0.25) is 9.69 Å². The number of amides is 1. The highest BCUT2D eigenvalue weighted by molar-refractivity contribution is 7.13. The van der Waals surface area contributed by atoms with Crippen LogP contribution >= 0.6 is 11.3 Å². The maximum Gasteiger partial charge on any atom is 0.257 e. The predicted molar refractivity (Wildman–Crippen MR) is 107 cm³/mol. The zero-order chi connectivity index (χ0) is 18.9. The van der Waals surface area contributed by atoms with Crippen LogP contribution in [0.25, 0.3) is 10.8 Å². The van der Waals surface area contributed by atoms with Gasteiger partial charge in [-0.05, 0) is 56.5 Å². The molecule has 1 N–H and O–H groups in total. The van der Waals surface area contributed by atoms with Gasteiger partial charge in [0.05, 0.1) is 18.0 Å². The number of rotatable bonds is 10. The molecule has 27 heavy (non-hydrogen) atoms. The van der Waals surface area contributed by atoms with Gasteiger partial charge >= 0.3 is 0 Å². The second-order valence-corrected chi connectivity index (χ2v) is 7.84. The molecule has 7 heteroatoms. The number of carbonyl (C=O) groups is 1. The van der Waals surface area contributed by atoms with Gasteiger partial charge in [-0.25, -0.2) is 0 Å². The van der Waals surface area contributed by atoms with Crippen molar-refractivity contribution in [2.24, 2.45) is 0 Å². The van der Waals surface area contributed by atoms with Crippen LogP contribution in [0.2, 0.25) is 0 Å². The molecular weight excluding hydrogens is 360 g/mol. The minimum absolute atomic E-state index is 0.0536. The second-order valence-electron chi connectivity index (χ2n) is 6.90. The summed E-state index contributed by atoms with van der Waals surface area (Å²) in [6.07, 6.45) is 9.21. The average Bonchev–Trinajstić information content (AvgIpc) is 3.34. The molecule has 0 saturated heterocycles. The summed E-state index contributed by atoms with van der Waals surface area (Å²) < 4.78 is 5.75. The molecule has 0 aliphatic heterocycles. The molecule has 0 radical (unpaired) electrons. The van der Waals surface area contributed by atoms with Gasteiger partial charge in [0, 0.05) is 6.54 Å². The summed E-state index contributed by atoms with van der Waals surface area (Å²) in [5.74, 6) is 1.14. The molecule has 1 amide bonds. The molecule has 2 aromatic heterocycles. The molecule has 2 aromatic rings. The lowest BCUT2D eigenvalue weighted by atomic mass is 9.97. The predicted octanol–water partition coefficient (Wildman–Crippen LogP) is 4.02. The molecule has 2 heterocycles. The Balaban J connectivity index is 1.46. The Morgan fingerprint density at radius 3 is 3.04 bits per heavy atom. The van der Waals surface area contributed by atoms with E-state index in [9.17, 15) is 4.79 Å². The van der Waals surface area contributed by atoms with Crippen molar-refractivity contribution in [1.82, 2.24) is 20.4 Å². The number of allylic oxidation sites excluding steroid dienone is 1. The largest absolute Gasteiger partial charge is 0.419 e. The van der Waals surface area contributed by atoms with Crippen LogP contribution in [0.1, 0.15) is 51.3 Å². The molecule has 0 bridgehead atoms. The fourth-order valence-corrected chi connectivity index (χ4v) is 3.94. The third-order valence-electron chi connectivity index (χ3n) is 4.62. The summed E-state index contributed by atoms with van der Waals surface area (Å²) in [5, 5.41) is 13.3. The molecule has 0 unspecified atom stereocenters. The smallest absolute Gasteiger partial charge is 0.257 e. The number of thiophene rings is 1. The van der Waals surface area contributed by atoms with E-state index in [1.807, 2.05) is 17.5 Å². The molecule has 0 fully saturated rings. The van der Waals surface area contributed by atoms with E-state index in [0.29, 0.717) is 31.4 Å². The standard InChI is InChI=1S/C20H28N4O2S/c1-2-12-24(14-18(25)21-11-10-16-7-4-3-5-8-16)15-19-22-23-20(26-19)17-9-6-13-27-17/h6-7,9,13H,2-5,8,10-12,14-15H2,1H3,(H,21,25). The van der Waals surface area contributed by atoms with Crippen molar-refractivity contribution in [3.05, 3.63) is 35.1 Å². The summed E-state index contributed by atoms with van der Waals surface area (Å²) in [4.78, 5) is 15.3. The van der Waals surface area contributed by atoms with Crippen molar-refractivity contribution in [2.45, 2.75) is 52.0 Å². The van der Waals surface area contributed by atoms with Gasteiger partial charge in [0.2, 0.25) is 11.8 Å². The summed E-state index contributed by atoms with van der Waals surface area (Å²) >= 11 is 1.57. The summed E-state index contributed by atoms with van der Waals surface area (Å²) in [6, 6.07) is 3.92. The minimum atomic E-state index is 0.0536. The monoisotopic (exact) mass is 388 g/mol. The van der Waals surface area contributed by atoms with Crippen LogP contribution in [0.4, 0.5) is 0 Å². The quantitative estimate of drug-likeness (QED) is 0.623. The Labute approximate surface area is 164 Å². The lowest BCUT2D eigenvalue weighted by Crippen LogP contribution is -2.37. The fourth-order valence-electron chi connectivity index (χ4n) is 3.29. The van der Waals surface area contributed by atoms with Crippen molar-refractivity contribution in [2.75, 3.05) is 19.6 Å². The van der Waals surface area contributed by atoms with Crippen LogP contribution < -0.4 is 5.32 Å². The average molecular weight is 389 g/mol. The molecular formula is C20H28N4O2S. The number of nitrogens with zero attached hydrogens (tertiary/aromatic N) is 3. The highest BCUT2D eigenvalue weighted by Gasteiger charge is 2.16. The molecule has 3 rings (SSSR count). The van der Waals surface area contributed by atoms with Gasteiger partial charge in [0.1, 0.15) is 0 Å². The van der Waals surface area contributed by atoms with E-state index in [4.69, 9.17) is 4.42 Å². The first-order chi connectivity index (χ1) is 13.2. The topological polar surface area (TPSA) is 71.3 Å². The lowest BCUT2D eigenvalue weighted by Gasteiger charge is -2.19. The number of aromatic nitrogens is 2. The third kappa shape index (κ3) is 6.29. The van der Waals surface area contributed by atoms with E-state index >= 15 is 0 Å². The summed E-state index contributed by atoms with van der Waals surface area (Å²) in [7, 11) is 0. The van der Waals surface area contributed by atoms with E-state index in [2.05, 4.69) is 33.4 Å². The van der Waals surface area contributed by atoms with Crippen LogP contribution in [0.15, 0.2) is 33.6 Å².